The molecule has 150 valence electrons. The SMILES string of the molecule is Cc1ccc(C(CC(=O)OC(C)C)NC(=O)c2cc3ccccc3c(=O)[nH]2)cc1. The second kappa shape index (κ2) is 8.73. The van der Waals surface area contributed by atoms with E-state index in [1.807, 2.05) is 31.2 Å². The van der Waals surface area contributed by atoms with Crippen LogP contribution in [0.5, 0.6) is 0 Å². The summed E-state index contributed by atoms with van der Waals surface area (Å²) < 4.78 is 5.24. The smallest absolute Gasteiger partial charge is 0.308 e. The number of nitrogens with one attached hydrogen (secondary N) is 2. The average Bonchev–Trinajstić information content (AvgIpc) is 2.67. The van der Waals surface area contributed by atoms with Gasteiger partial charge in [0.1, 0.15) is 5.69 Å². The van der Waals surface area contributed by atoms with Crippen LogP contribution in [0.25, 0.3) is 10.8 Å². The highest BCUT2D eigenvalue weighted by Gasteiger charge is 2.21. The molecule has 1 atom stereocenters. The number of aromatic nitrogens is 1. The average molecular weight is 392 g/mol. The predicted octanol–water partition coefficient (Wildman–Crippen LogP) is 3.65. The van der Waals surface area contributed by atoms with Crippen molar-refractivity contribution in [2.75, 3.05) is 0 Å². The molecule has 1 aromatic heterocycles. The minimum absolute atomic E-state index is 0.00913. The summed E-state index contributed by atoms with van der Waals surface area (Å²) in [6.45, 7) is 5.51. The fourth-order valence-corrected chi connectivity index (χ4v) is 3.10. The highest BCUT2D eigenvalue weighted by Crippen LogP contribution is 2.20. The van der Waals surface area contributed by atoms with E-state index < -0.39 is 17.9 Å². The molecule has 0 spiro atoms. The Morgan fingerprint density at radius 1 is 1.07 bits per heavy atom. The van der Waals surface area contributed by atoms with Crippen LogP contribution in [0.1, 0.15) is 47.9 Å². The summed E-state index contributed by atoms with van der Waals surface area (Å²) in [5, 5.41) is 4.04. The molecule has 0 fully saturated rings. The molecular weight excluding hydrogens is 368 g/mol. The van der Waals surface area contributed by atoms with Gasteiger partial charge in [-0.25, -0.2) is 0 Å². The van der Waals surface area contributed by atoms with Gasteiger partial charge in [-0.15, -0.1) is 0 Å². The number of rotatable bonds is 6. The van der Waals surface area contributed by atoms with Gasteiger partial charge in [-0.3, -0.25) is 14.4 Å². The van der Waals surface area contributed by atoms with Crippen molar-refractivity contribution in [3.05, 3.63) is 81.8 Å². The lowest BCUT2D eigenvalue weighted by Crippen LogP contribution is -2.32. The molecule has 0 aliphatic rings. The molecule has 6 nitrogen and oxygen atoms in total. The summed E-state index contributed by atoms with van der Waals surface area (Å²) in [4.78, 5) is 40.0. The molecule has 6 heteroatoms. The van der Waals surface area contributed by atoms with Crippen LogP contribution >= 0.6 is 0 Å². The predicted molar refractivity (Wildman–Crippen MR) is 112 cm³/mol. The Kier molecular flexibility index (Phi) is 6.12. The number of pyridine rings is 1. The number of benzene rings is 2. The van der Waals surface area contributed by atoms with E-state index in [9.17, 15) is 14.4 Å². The first-order valence-electron chi connectivity index (χ1n) is 9.52. The number of fused-ring (bicyclic) bond motifs is 1. The minimum atomic E-state index is -0.579. The van der Waals surface area contributed by atoms with Crippen LogP contribution in [0.2, 0.25) is 0 Å². The van der Waals surface area contributed by atoms with Gasteiger partial charge in [0.05, 0.1) is 18.6 Å². The Balaban J connectivity index is 1.88. The van der Waals surface area contributed by atoms with E-state index in [-0.39, 0.29) is 23.8 Å². The van der Waals surface area contributed by atoms with Gasteiger partial charge in [-0.05, 0) is 43.9 Å². The number of hydrogen-bond donors (Lipinski definition) is 2. The summed E-state index contributed by atoms with van der Waals surface area (Å²) in [6, 6.07) is 15.7. The lowest BCUT2D eigenvalue weighted by Gasteiger charge is -2.20. The summed E-state index contributed by atoms with van der Waals surface area (Å²) in [5.74, 6) is -0.867. The number of carbonyl (C=O) groups is 2. The standard InChI is InChI=1S/C23H24N2O4/c1-14(2)29-21(26)13-19(16-10-8-15(3)9-11-16)24-23(28)20-12-17-6-4-5-7-18(17)22(27)25-20/h4-12,14,19H,13H2,1-3H3,(H,24,28)(H,25,27). The van der Waals surface area contributed by atoms with Crippen molar-refractivity contribution in [1.82, 2.24) is 10.3 Å². The quantitative estimate of drug-likeness (QED) is 0.627. The molecule has 0 radical (unpaired) electrons. The van der Waals surface area contributed by atoms with E-state index in [1.54, 1.807) is 44.2 Å². The Labute approximate surface area is 168 Å². The van der Waals surface area contributed by atoms with Crippen LogP contribution in [-0.4, -0.2) is 23.0 Å². The maximum absolute atomic E-state index is 12.9. The van der Waals surface area contributed by atoms with Crippen LogP contribution < -0.4 is 10.9 Å². The van der Waals surface area contributed by atoms with Crippen molar-refractivity contribution in [2.24, 2.45) is 0 Å². The van der Waals surface area contributed by atoms with Gasteiger partial charge in [-0.1, -0.05) is 48.0 Å². The summed E-state index contributed by atoms with van der Waals surface area (Å²) in [6.07, 6.45) is -0.251. The van der Waals surface area contributed by atoms with Crippen LogP contribution in [0, 0.1) is 6.92 Å². The Bertz CT molecular complexity index is 1080. The minimum Gasteiger partial charge on any atom is -0.463 e. The molecule has 1 heterocycles. The number of H-pyrrole nitrogens is 1. The molecule has 0 aliphatic heterocycles. The maximum Gasteiger partial charge on any atom is 0.308 e. The van der Waals surface area contributed by atoms with Crippen molar-refractivity contribution in [2.45, 2.75) is 39.3 Å². The van der Waals surface area contributed by atoms with E-state index in [2.05, 4.69) is 10.3 Å². The topological polar surface area (TPSA) is 88.3 Å². The molecule has 0 aliphatic carbocycles. The van der Waals surface area contributed by atoms with Crippen LogP contribution in [-0.2, 0) is 9.53 Å². The van der Waals surface area contributed by atoms with Crippen molar-refractivity contribution >= 4 is 22.6 Å². The van der Waals surface area contributed by atoms with Gasteiger partial charge in [0.2, 0.25) is 0 Å². The Hall–Kier alpha value is -3.41. The van der Waals surface area contributed by atoms with Crippen LogP contribution in [0.3, 0.4) is 0 Å². The largest absolute Gasteiger partial charge is 0.463 e. The zero-order chi connectivity index (χ0) is 21.0. The fourth-order valence-electron chi connectivity index (χ4n) is 3.10. The van der Waals surface area contributed by atoms with Gasteiger partial charge < -0.3 is 15.0 Å². The Morgan fingerprint density at radius 3 is 2.45 bits per heavy atom. The monoisotopic (exact) mass is 392 g/mol. The molecule has 2 aromatic carbocycles. The van der Waals surface area contributed by atoms with Crippen LogP contribution in [0.15, 0.2) is 59.4 Å². The number of hydrogen-bond acceptors (Lipinski definition) is 4. The number of carbonyl (C=O) groups excluding carboxylic acids is 2. The van der Waals surface area contributed by atoms with Crippen molar-refractivity contribution in [1.29, 1.82) is 0 Å². The zero-order valence-corrected chi connectivity index (χ0v) is 16.7. The molecule has 0 saturated heterocycles. The van der Waals surface area contributed by atoms with Gasteiger partial charge in [0.25, 0.3) is 11.5 Å². The van der Waals surface area contributed by atoms with Crippen molar-refractivity contribution < 1.29 is 14.3 Å². The third-order valence-electron chi connectivity index (χ3n) is 4.52. The lowest BCUT2D eigenvalue weighted by atomic mass is 10.0. The number of aryl methyl sites for hydroxylation is 1. The first-order chi connectivity index (χ1) is 13.8. The number of esters is 1. The highest BCUT2D eigenvalue weighted by molar-refractivity contribution is 5.96. The molecule has 1 amide bonds. The molecule has 0 bridgehead atoms. The number of aromatic amines is 1. The van der Waals surface area contributed by atoms with E-state index in [4.69, 9.17) is 4.74 Å². The van der Waals surface area contributed by atoms with Gasteiger partial charge in [0.15, 0.2) is 0 Å². The van der Waals surface area contributed by atoms with Gasteiger partial charge >= 0.3 is 5.97 Å². The molecule has 3 rings (SSSR count). The molecule has 0 saturated carbocycles. The Morgan fingerprint density at radius 2 is 1.76 bits per heavy atom. The third-order valence-corrected chi connectivity index (χ3v) is 4.52. The molecular formula is C23H24N2O4. The summed E-state index contributed by atoms with van der Waals surface area (Å²) >= 11 is 0. The van der Waals surface area contributed by atoms with Crippen LogP contribution in [0.4, 0.5) is 0 Å². The second-order valence-corrected chi connectivity index (χ2v) is 7.28. The van der Waals surface area contributed by atoms with E-state index in [0.717, 1.165) is 11.1 Å². The number of amides is 1. The molecule has 2 N–H and O–H groups in total. The lowest BCUT2D eigenvalue weighted by molar-refractivity contribution is -0.147. The van der Waals surface area contributed by atoms with E-state index in [1.165, 1.54) is 0 Å². The summed E-state index contributed by atoms with van der Waals surface area (Å²) in [7, 11) is 0. The maximum atomic E-state index is 12.9. The second-order valence-electron chi connectivity index (χ2n) is 7.28. The van der Waals surface area contributed by atoms with E-state index >= 15 is 0 Å². The van der Waals surface area contributed by atoms with Crippen molar-refractivity contribution in [3.8, 4) is 0 Å². The fraction of sp³-hybridized carbons (Fsp3) is 0.261. The first-order valence-corrected chi connectivity index (χ1v) is 9.52. The van der Waals surface area contributed by atoms with Gasteiger partial charge in [-0.2, -0.15) is 0 Å². The van der Waals surface area contributed by atoms with Crippen molar-refractivity contribution in [3.63, 3.8) is 0 Å². The number of ether oxygens (including phenoxy) is 1. The summed E-state index contributed by atoms with van der Waals surface area (Å²) in [5.41, 5.74) is 1.66. The molecule has 29 heavy (non-hydrogen) atoms. The molecule has 3 aromatic rings. The zero-order valence-electron chi connectivity index (χ0n) is 16.7. The van der Waals surface area contributed by atoms with E-state index in [0.29, 0.717) is 10.8 Å². The van der Waals surface area contributed by atoms with Gasteiger partial charge in [0, 0.05) is 5.39 Å². The third kappa shape index (κ3) is 5.10. The first kappa shape index (κ1) is 20.3. The molecule has 1 unspecified atom stereocenters. The highest BCUT2D eigenvalue weighted by atomic mass is 16.5. The normalized spacial score (nSPS) is 12.0.